The molecule has 9 heteroatoms. The Morgan fingerprint density at radius 2 is 1.96 bits per heavy atom. The molecule has 2 aromatic carbocycles. The smallest absolute Gasteiger partial charge is 0.504 e. The molecule has 3 rings (SSSR count). The lowest BCUT2D eigenvalue weighted by Gasteiger charge is -2.15. The van der Waals surface area contributed by atoms with Gasteiger partial charge in [-0.3, -0.25) is 4.79 Å². The summed E-state index contributed by atoms with van der Waals surface area (Å²) in [7, 11) is 1.35. The summed E-state index contributed by atoms with van der Waals surface area (Å²) in [6.45, 7) is 1.05. The van der Waals surface area contributed by atoms with Gasteiger partial charge in [-0.05, 0) is 30.7 Å². The fourth-order valence-corrected chi connectivity index (χ4v) is 2.79. The van der Waals surface area contributed by atoms with E-state index in [0.717, 1.165) is 12.1 Å². The third-order valence-electron chi connectivity index (χ3n) is 3.87. The van der Waals surface area contributed by atoms with Gasteiger partial charge >= 0.3 is 6.36 Å². The highest BCUT2D eigenvalue weighted by Gasteiger charge is 2.31. The summed E-state index contributed by atoms with van der Waals surface area (Å²) in [5.74, 6) is -1.31. The number of carbonyl (C=O) groups is 1. The average molecular weight is 396 g/mol. The molecule has 0 radical (unpaired) electrons. The third kappa shape index (κ3) is 3.83. The number of fused-ring (bicyclic) bond motifs is 1. The van der Waals surface area contributed by atoms with E-state index >= 15 is 0 Å². The standard InChI is InChI=1S/C19H15F3O6/c1-10(23)14-15(24)18(17-13(6-7-26-17)16(14)25-2)27-9-11-4-3-5-12(8-11)28-19(20,21)22/h3-8,24H,9H2,1-2H3. The topological polar surface area (TPSA) is 78.1 Å². The molecule has 0 spiro atoms. The van der Waals surface area contributed by atoms with E-state index in [1.807, 2.05) is 0 Å². The second-order valence-corrected chi connectivity index (χ2v) is 5.79. The Morgan fingerprint density at radius 1 is 1.21 bits per heavy atom. The number of hydrogen-bond acceptors (Lipinski definition) is 6. The Morgan fingerprint density at radius 3 is 2.61 bits per heavy atom. The second-order valence-electron chi connectivity index (χ2n) is 5.79. The molecule has 1 aromatic heterocycles. The maximum Gasteiger partial charge on any atom is 0.573 e. The van der Waals surface area contributed by atoms with Gasteiger partial charge in [0, 0.05) is 0 Å². The molecular formula is C19H15F3O6. The second kappa shape index (κ2) is 7.34. The first-order chi connectivity index (χ1) is 13.2. The largest absolute Gasteiger partial charge is 0.573 e. The summed E-state index contributed by atoms with van der Waals surface area (Å²) in [5.41, 5.74) is 0.406. The van der Waals surface area contributed by atoms with Crippen molar-refractivity contribution in [2.45, 2.75) is 19.9 Å². The van der Waals surface area contributed by atoms with Crippen LogP contribution in [-0.2, 0) is 6.61 Å². The van der Waals surface area contributed by atoms with Crippen LogP contribution in [0, 0.1) is 0 Å². The number of phenols is 1. The number of methoxy groups -OCH3 is 1. The van der Waals surface area contributed by atoms with Gasteiger partial charge in [0.05, 0.1) is 18.8 Å². The number of ether oxygens (including phenoxy) is 3. The van der Waals surface area contributed by atoms with Gasteiger partial charge < -0.3 is 23.7 Å². The fourth-order valence-electron chi connectivity index (χ4n) is 2.79. The van der Waals surface area contributed by atoms with Crippen LogP contribution in [0.1, 0.15) is 22.8 Å². The Kier molecular flexibility index (Phi) is 5.08. The molecule has 1 N–H and O–H groups in total. The Labute approximate surface area is 157 Å². The number of hydrogen-bond donors (Lipinski definition) is 1. The van der Waals surface area contributed by atoms with E-state index in [4.69, 9.17) is 13.9 Å². The summed E-state index contributed by atoms with van der Waals surface area (Å²) < 4.78 is 57.1. The first kappa shape index (κ1) is 19.4. The van der Waals surface area contributed by atoms with Crippen LogP contribution in [0.15, 0.2) is 41.0 Å². The van der Waals surface area contributed by atoms with Gasteiger partial charge in [0.1, 0.15) is 23.7 Å². The molecule has 0 atom stereocenters. The van der Waals surface area contributed by atoms with Gasteiger partial charge in [-0.25, -0.2) is 0 Å². The van der Waals surface area contributed by atoms with Gasteiger partial charge in [0.2, 0.25) is 5.75 Å². The lowest BCUT2D eigenvalue weighted by atomic mass is 10.0. The van der Waals surface area contributed by atoms with E-state index in [0.29, 0.717) is 10.9 Å². The molecule has 28 heavy (non-hydrogen) atoms. The summed E-state index contributed by atoms with van der Waals surface area (Å²) in [6.07, 6.45) is -3.48. The van der Waals surface area contributed by atoms with Gasteiger partial charge in [0.25, 0.3) is 0 Å². The van der Waals surface area contributed by atoms with Crippen molar-refractivity contribution in [3.05, 3.63) is 47.7 Å². The fraction of sp³-hybridized carbons (Fsp3) is 0.211. The Hall–Kier alpha value is -3.36. The summed E-state index contributed by atoms with van der Waals surface area (Å²) in [6, 6.07) is 6.75. The normalized spacial score (nSPS) is 11.5. The van der Waals surface area contributed by atoms with Crippen LogP contribution in [0.25, 0.3) is 11.0 Å². The minimum Gasteiger partial charge on any atom is -0.504 e. The van der Waals surface area contributed by atoms with Crippen molar-refractivity contribution in [1.82, 2.24) is 0 Å². The zero-order valence-corrected chi connectivity index (χ0v) is 14.8. The van der Waals surface area contributed by atoms with Crippen LogP contribution < -0.4 is 14.2 Å². The molecule has 0 bridgehead atoms. The van der Waals surface area contributed by atoms with Crippen molar-refractivity contribution in [2.75, 3.05) is 7.11 Å². The van der Waals surface area contributed by atoms with Crippen molar-refractivity contribution in [3.8, 4) is 23.0 Å². The van der Waals surface area contributed by atoms with Crippen LogP contribution in [0.4, 0.5) is 13.2 Å². The number of benzene rings is 2. The third-order valence-corrected chi connectivity index (χ3v) is 3.87. The van der Waals surface area contributed by atoms with Gasteiger partial charge in [0.15, 0.2) is 17.1 Å². The molecule has 0 aliphatic rings. The van der Waals surface area contributed by atoms with E-state index < -0.39 is 23.6 Å². The molecule has 0 aliphatic carbocycles. The Bertz CT molecular complexity index is 1020. The monoisotopic (exact) mass is 396 g/mol. The number of rotatable bonds is 6. The van der Waals surface area contributed by atoms with Crippen LogP contribution in [0.3, 0.4) is 0 Å². The number of ketones is 1. The first-order valence-electron chi connectivity index (χ1n) is 7.99. The van der Waals surface area contributed by atoms with Crippen molar-refractivity contribution >= 4 is 16.8 Å². The molecule has 0 aliphatic heterocycles. The minimum absolute atomic E-state index is 0.0828. The maximum atomic E-state index is 12.4. The lowest BCUT2D eigenvalue weighted by Crippen LogP contribution is -2.17. The first-order valence-corrected chi connectivity index (χ1v) is 7.99. The number of carbonyl (C=O) groups excluding carboxylic acids is 1. The maximum absolute atomic E-state index is 12.4. The van der Waals surface area contributed by atoms with Crippen LogP contribution in [0.2, 0.25) is 0 Å². The van der Waals surface area contributed by atoms with Crippen LogP contribution in [0.5, 0.6) is 23.0 Å². The van der Waals surface area contributed by atoms with Crippen LogP contribution in [-0.4, -0.2) is 24.4 Å². The molecule has 0 fully saturated rings. The van der Waals surface area contributed by atoms with Gasteiger partial charge in [-0.2, -0.15) is 0 Å². The van der Waals surface area contributed by atoms with Gasteiger partial charge in [-0.15, -0.1) is 13.2 Å². The van der Waals surface area contributed by atoms with Crippen molar-refractivity contribution in [2.24, 2.45) is 0 Å². The van der Waals surface area contributed by atoms with Crippen molar-refractivity contribution in [3.63, 3.8) is 0 Å². The van der Waals surface area contributed by atoms with E-state index in [9.17, 15) is 23.1 Å². The van der Waals surface area contributed by atoms with E-state index in [1.165, 1.54) is 32.4 Å². The number of aromatic hydroxyl groups is 1. The highest BCUT2D eigenvalue weighted by atomic mass is 19.4. The highest BCUT2D eigenvalue weighted by molar-refractivity contribution is 6.08. The summed E-state index contributed by atoms with van der Waals surface area (Å²) in [5, 5.41) is 10.9. The zero-order chi connectivity index (χ0) is 20.5. The summed E-state index contributed by atoms with van der Waals surface area (Å²) >= 11 is 0. The van der Waals surface area contributed by atoms with Gasteiger partial charge in [-0.1, -0.05) is 12.1 Å². The SMILES string of the molecule is COc1c(C(C)=O)c(O)c(OCc2cccc(OC(F)(F)F)c2)c2occc12. The highest BCUT2D eigenvalue weighted by Crippen LogP contribution is 2.46. The zero-order valence-electron chi connectivity index (χ0n) is 14.8. The number of alkyl halides is 3. The molecule has 0 saturated carbocycles. The molecule has 1 heterocycles. The van der Waals surface area contributed by atoms with E-state index in [-0.39, 0.29) is 29.3 Å². The van der Waals surface area contributed by atoms with Crippen LogP contribution >= 0.6 is 0 Å². The molecule has 148 valence electrons. The minimum atomic E-state index is -4.82. The number of furan rings is 1. The number of Topliss-reactive ketones (excluding diaryl/α,β-unsaturated/α-hetero) is 1. The van der Waals surface area contributed by atoms with Crippen molar-refractivity contribution in [1.29, 1.82) is 0 Å². The predicted octanol–water partition coefficient (Wildman–Crippen LogP) is 4.83. The van der Waals surface area contributed by atoms with E-state index in [1.54, 1.807) is 6.07 Å². The summed E-state index contributed by atoms with van der Waals surface area (Å²) in [4.78, 5) is 12.0. The molecule has 6 nitrogen and oxygen atoms in total. The molecule has 0 saturated heterocycles. The molecule has 0 amide bonds. The van der Waals surface area contributed by atoms with E-state index in [2.05, 4.69) is 4.74 Å². The average Bonchev–Trinajstić information content (AvgIpc) is 3.07. The number of halogens is 3. The predicted molar refractivity (Wildman–Crippen MR) is 91.9 cm³/mol. The number of phenolic OH excluding ortho intramolecular Hbond substituents is 1. The molecular weight excluding hydrogens is 381 g/mol. The quantitative estimate of drug-likeness (QED) is 0.602. The molecule has 0 unspecified atom stereocenters. The Balaban J connectivity index is 1.96. The van der Waals surface area contributed by atoms with Crippen molar-refractivity contribution < 1.29 is 41.7 Å². The lowest BCUT2D eigenvalue weighted by molar-refractivity contribution is -0.274. The molecule has 3 aromatic rings.